The van der Waals surface area contributed by atoms with E-state index < -0.39 is 28.6 Å². The first-order chi connectivity index (χ1) is 8.71. The number of nitrogens with zero attached hydrogens (tertiary/aromatic N) is 1. The van der Waals surface area contributed by atoms with Crippen molar-refractivity contribution in [3.8, 4) is 0 Å². The number of rotatable bonds is 3. The Labute approximate surface area is 109 Å². The highest BCUT2D eigenvalue weighted by Gasteiger charge is 2.34. The summed E-state index contributed by atoms with van der Waals surface area (Å²) in [5.74, 6) is -2.90. The summed E-state index contributed by atoms with van der Waals surface area (Å²) in [5, 5.41) is 13.4. The van der Waals surface area contributed by atoms with Gasteiger partial charge in [-0.05, 0) is 32.4 Å². The first kappa shape index (κ1) is 14.9. The average molecular weight is 271 g/mol. The van der Waals surface area contributed by atoms with E-state index >= 15 is 0 Å². The second-order valence-corrected chi connectivity index (χ2v) is 4.62. The molecule has 0 heterocycles. The molecular weight excluding hydrogens is 256 g/mol. The Morgan fingerprint density at radius 3 is 2.53 bits per heavy atom. The number of benzene rings is 1. The van der Waals surface area contributed by atoms with Crippen LogP contribution in [0, 0.1) is 24.0 Å². The van der Waals surface area contributed by atoms with Crippen LogP contribution in [-0.2, 0) is 4.79 Å². The van der Waals surface area contributed by atoms with Gasteiger partial charge in [-0.2, -0.15) is 0 Å². The van der Waals surface area contributed by atoms with Crippen molar-refractivity contribution in [2.45, 2.75) is 20.8 Å². The number of halogens is 2. The van der Waals surface area contributed by atoms with E-state index in [-0.39, 0.29) is 11.4 Å². The molecule has 1 rings (SSSR count). The lowest BCUT2D eigenvalue weighted by atomic mass is 9.91. The van der Waals surface area contributed by atoms with E-state index in [0.717, 1.165) is 6.07 Å². The van der Waals surface area contributed by atoms with Crippen LogP contribution in [-0.4, -0.2) is 17.0 Å². The Kier molecular flexibility index (Phi) is 4.08. The lowest BCUT2D eigenvalue weighted by Gasteiger charge is -2.22. The summed E-state index contributed by atoms with van der Waals surface area (Å²) in [4.78, 5) is 11.9. The normalized spacial score (nSPS) is 12.4. The van der Waals surface area contributed by atoms with Gasteiger partial charge in [0.1, 0.15) is 16.9 Å². The summed E-state index contributed by atoms with van der Waals surface area (Å²) in [6.07, 6.45) is 0. The number of nitrogens with two attached hydrogens (primary N) is 1. The van der Waals surface area contributed by atoms with Gasteiger partial charge in [0.25, 0.3) is 0 Å². The van der Waals surface area contributed by atoms with Gasteiger partial charge in [0.2, 0.25) is 5.91 Å². The van der Waals surface area contributed by atoms with Crippen molar-refractivity contribution in [1.82, 2.24) is 0 Å². The minimum Gasteiger partial charge on any atom is -0.409 e. The SMILES string of the molecule is Cc1ccc(F)c(NC(=O)C(C)(C)/C(N)=N/O)c1F. The zero-order valence-electron chi connectivity index (χ0n) is 10.8. The maximum atomic E-state index is 13.7. The van der Waals surface area contributed by atoms with Gasteiger partial charge in [0.05, 0.1) is 0 Å². The Morgan fingerprint density at radius 1 is 1.42 bits per heavy atom. The number of aryl methyl sites for hydroxylation is 1. The highest BCUT2D eigenvalue weighted by molar-refractivity contribution is 6.11. The summed E-state index contributed by atoms with van der Waals surface area (Å²) >= 11 is 0. The molecule has 0 saturated carbocycles. The minimum atomic E-state index is -1.41. The zero-order chi connectivity index (χ0) is 14.8. The number of amides is 1. The predicted octanol–water partition coefficient (Wildman–Crippen LogP) is 1.98. The van der Waals surface area contributed by atoms with Crippen molar-refractivity contribution in [3.63, 3.8) is 0 Å². The molecule has 0 spiro atoms. The molecule has 0 aromatic heterocycles. The maximum Gasteiger partial charge on any atom is 0.237 e. The maximum absolute atomic E-state index is 13.7. The van der Waals surface area contributed by atoms with Gasteiger partial charge in [-0.25, -0.2) is 8.78 Å². The van der Waals surface area contributed by atoms with Crippen LogP contribution in [0.1, 0.15) is 19.4 Å². The van der Waals surface area contributed by atoms with Crippen molar-refractivity contribution >= 4 is 17.4 Å². The van der Waals surface area contributed by atoms with Crippen molar-refractivity contribution in [2.75, 3.05) is 5.32 Å². The molecule has 0 aliphatic heterocycles. The Hall–Kier alpha value is -2.18. The minimum absolute atomic E-state index is 0.193. The molecule has 0 atom stereocenters. The molecule has 0 unspecified atom stereocenters. The highest BCUT2D eigenvalue weighted by Crippen LogP contribution is 2.25. The number of carbonyl (C=O) groups is 1. The van der Waals surface area contributed by atoms with Crippen molar-refractivity contribution in [3.05, 3.63) is 29.3 Å². The van der Waals surface area contributed by atoms with Crippen LogP contribution in [0.4, 0.5) is 14.5 Å². The first-order valence-electron chi connectivity index (χ1n) is 5.46. The fourth-order valence-electron chi connectivity index (χ4n) is 1.28. The molecule has 5 nitrogen and oxygen atoms in total. The third-order valence-electron chi connectivity index (χ3n) is 2.84. The number of hydrogen-bond acceptors (Lipinski definition) is 3. The number of amidine groups is 1. The molecule has 7 heteroatoms. The molecular formula is C12H15F2N3O2. The second kappa shape index (κ2) is 5.21. The number of carbonyl (C=O) groups excluding carboxylic acids is 1. The Morgan fingerprint density at radius 2 is 2.00 bits per heavy atom. The van der Waals surface area contributed by atoms with Crippen LogP contribution in [0.15, 0.2) is 17.3 Å². The fourth-order valence-corrected chi connectivity index (χ4v) is 1.28. The van der Waals surface area contributed by atoms with Gasteiger partial charge in [-0.1, -0.05) is 11.2 Å². The molecule has 0 saturated heterocycles. The van der Waals surface area contributed by atoms with Crippen LogP contribution >= 0.6 is 0 Å². The molecule has 0 fully saturated rings. The molecule has 104 valence electrons. The fraction of sp³-hybridized carbons (Fsp3) is 0.333. The molecule has 0 bridgehead atoms. The largest absolute Gasteiger partial charge is 0.409 e. The quantitative estimate of drug-likeness (QED) is 0.340. The first-order valence-corrected chi connectivity index (χ1v) is 5.46. The van der Waals surface area contributed by atoms with E-state index in [4.69, 9.17) is 10.9 Å². The third kappa shape index (κ3) is 2.81. The standard InChI is InChI=1S/C12H15F2N3O2/c1-6-4-5-7(13)9(8(6)14)16-11(18)12(2,3)10(15)17-19/h4-5,19H,1-3H3,(H2,15,17)(H,16,18). The van der Waals surface area contributed by atoms with E-state index in [1.54, 1.807) is 0 Å². The third-order valence-corrected chi connectivity index (χ3v) is 2.84. The van der Waals surface area contributed by atoms with E-state index in [0.29, 0.717) is 0 Å². The summed E-state index contributed by atoms with van der Waals surface area (Å²) in [6, 6.07) is 2.31. The van der Waals surface area contributed by atoms with Gasteiger partial charge >= 0.3 is 0 Å². The van der Waals surface area contributed by atoms with Gasteiger partial charge < -0.3 is 16.3 Å². The van der Waals surface area contributed by atoms with Crippen molar-refractivity contribution in [1.29, 1.82) is 0 Å². The van der Waals surface area contributed by atoms with Crippen LogP contribution in [0.2, 0.25) is 0 Å². The van der Waals surface area contributed by atoms with Gasteiger partial charge in [-0.15, -0.1) is 0 Å². The van der Waals surface area contributed by atoms with Crippen LogP contribution in [0.5, 0.6) is 0 Å². The summed E-state index contributed by atoms with van der Waals surface area (Å²) < 4.78 is 27.2. The Bertz CT molecular complexity index is 542. The summed E-state index contributed by atoms with van der Waals surface area (Å²) in [7, 11) is 0. The van der Waals surface area contributed by atoms with Crippen LogP contribution in [0.25, 0.3) is 0 Å². The number of oxime groups is 1. The number of anilines is 1. The van der Waals surface area contributed by atoms with Crippen LogP contribution in [0.3, 0.4) is 0 Å². The number of hydrogen-bond donors (Lipinski definition) is 3. The second-order valence-electron chi connectivity index (χ2n) is 4.62. The van der Waals surface area contributed by atoms with Crippen LogP contribution < -0.4 is 11.1 Å². The molecule has 1 aromatic carbocycles. The molecule has 0 radical (unpaired) electrons. The number of nitrogens with one attached hydrogen (secondary N) is 1. The Balaban J connectivity index is 3.11. The van der Waals surface area contributed by atoms with E-state index in [9.17, 15) is 13.6 Å². The summed E-state index contributed by atoms with van der Waals surface area (Å²) in [5.41, 5.74) is 3.60. The smallest absolute Gasteiger partial charge is 0.237 e. The monoisotopic (exact) mass is 271 g/mol. The molecule has 0 aliphatic carbocycles. The van der Waals surface area contributed by atoms with E-state index in [1.165, 1.54) is 26.8 Å². The topological polar surface area (TPSA) is 87.7 Å². The molecule has 4 N–H and O–H groups in total. The zero-order valence-corrected chi connectivity index (χ0v) is 10.8. The molecule has 1 aromatic rings. The van der Waals surface area contributed by atoms with Crippen molar-refractivity contribution in [2.24, 2.45) is 16.3 Å². The lowest BCUT2D eigenvalue weighted by Crippen LogP contribution is -2.42. The lowest BCUT2D eigenvalue weighted by molar-refractivity contribution is -0.121. The van der Waals surface area contributed by atoms with E-state index in [1.807, 2.05) is 0 Å². The predicted molar refractivity (Wildman–Crippen MR) is 66.9 cm³/mol. The highest BCUT2D eigenvalue weighted by atomic mass is 19.1. The summed E-state index contributed by atoms with van der Waals surface area (Å²) in [6.45, 7) is 4.17. The average Bonchev–Trinajstić information content (AvgIpc) is 2.37. The van der Waals surface area contributed by atoms with E-state index in [2.05, 4.69) is 10.5 Å². The van der Waals surface area contributed by atoms with Gasteiger partial charge in [0, 0.05) is 0 Å². The van der Waals surface area contributed by atoms with Gasteiger partial charge in [0.15, 0.2) is 11.7 Å². The van der Waals surface area contributed by atoms with Crippen molar-refractivity contribution < 1.29 is 18.8 Å². The molecule has 19 heavy (non-hydrogen) atoms. The molecule has 1 amide bonds. The van der Waals surface area contributed by atoms with Gasteiger partial charge in [-0.3, -0.25) is 4.79 Å². The molecule has 0 aliphatic rings.